The van der Waals surface area contributed by atoms with E-state index in [9.17, 15) is 0 Å². The zero-order chi connectivity index (χ0) is 44.1. The average Bonchev–Trinajstić information content (AvgIpc) is 3.41. The second-order valence-electron chi connectivity index (χ2n) is 16.4. The van der Waals surface area contributed by atoms with E-state index in [-0.39, 0.29) is 0 Å². The Bertz CT molecular complexity index is 3290. The topological polar surface area (TPSA) is 25.8 Å². The largest absolute Gasteiger partial charge is 0.228 e. The number of rotatable bonds is 10. The number of hydrogen-bond donors (Lipinski definition) is 0. The third-order valence-corrected chi connectivity index (χ3v) is 12.3. The lowest BCUT2D eigenvalue weighted by Crippen LogP contribution is -2.02. The molecule has 0 N–H and O–H groups in total. The number of nitrogens with zero attached hydrogens (tertiary/aromatic N) is 2. The molecule has 1 aromatic heterocycles. The standard InChI is InChI=1S/C64H44N2/c1-8-23-45(24-9-1)46-39-41-48(42-40-46)57-44-56(47-25-10-2-11-26-47)65-64(66-57)55-38-22-37-54(43-55)63-61(52-33-18-6-19-34-52)59(50-29-14-4-15-30-50)58(49-27-12-3-13-28-49)60(51-31-16-5-17-32-51)62(63)53-35-20-7-21-36-53/h1-44H. The first-order chi connectivity index (χ1) is 32.8. The molecule has 0 fully saturated rings. The lowest BCUT2D eigenvalue weighted by Gasteiger charge is -2.29. The van der Waals surface area contributed by atoms with E-state index >= 15 is 0 Å². The first-order valence-electron chi connectivity index (χ1n) is 22.5. The molecule has 0 atom stereocenters. The van der Waals surface area contributed by atoms with Gasteiger partial charge in [0.1, 0.15) is 0 Å². The van der Waals surface area contributed by atoms with Crippen molar-refractivity contribution in [2.24, 2.45) is 0 Å². The van der Waals surface area contributed by atoms with E-state index in [1.165, 1.54) is 22.3 Å². The lowest BCUT2D eigenvalue weighted by atomic mass is 9.74. The Kier molecular flexibility index (Phi) is 11.0. The Hall–Kier alpha value is -8.72. The van der Waals surface area contributed by atoms with Crippen LogP contribution in [-0.2, 0) is 0 Å². The highest BCUT2D eigenvalue weighted by atomic mass is 14.9. The highest BCUT2D eigenvalue weighted by molar-refractivity contribution is 6.15. The molecule has 10 aromatic carbocycles. The zero-order valence-electron chi connectivity index (χ0n) is 36.3. The Balaban J connectivity index is 1.22. The van der Waals surface area contributed by atoms with Gasteiger partial charge in [0.15, 0.2) is 5.82 Å². The van der Waals surface area contributed by atoms with Crippen molar-refractivity contribution in [2.75, 3.05) is 0 Å². The molecular weight excluding hydrogens is 797 g/mol. The van der Waals surface area contributed by atoms with Gasteiger partial charge in [-0.3, -0.25) is 0 Å². The van der Waals surface area contributed by atoms with Gasteiger partial charge in [-0.05, 0) is 90.0 Å². The van der Waals surface area contributed by atoms with Gasteiger partial charge in [-0.15, -0.1) is 0 Å². The molecule has 1 heterocycles. The van der Waals surface area contributed by atoms with Crippen LogP contribution in [0.4, 0.5) is 0 Å². The Morgan fingerprint density at radius 3 is 0.773 bits per heavy atom. The van der Waals surface area contributed by atoms with Crippen molar-refractivity contribution in [3.8, 4) is 112 Å². The maximum Gasteiger partial charge on any atom is 0.160 e. The third-order valence-electron chi connectivity index (χ3n) is 12.3. The first kappa shape index (κ1) is 40.1. The molecular formula is C64H44N2. The number of benzene rings is 10. The minimum Gasteiger partial charge on any atom is -0.228 e. The normalized spacial score (nSPS) is 11.0. The van der Waals surface area contributed by atoms with Crippen molar-refractivity contribution in [3.63, 3.8) is 0 Å². The van der Waals surface area contributed by atoms with Gasteiger partial charge >= 0.3 is 0 Å². The van der Waals surface area contributed by atoms with Gasteiger partial charge in [-0.25, -0.2) is 9.97 Å². The van der Waals surface area contributed by atoms with Gasteiger partial charge in [0.25, 0.3) is 0 Å². The highest BCUT2D eigenvalue weighted by Crippen LogP contribution is 2.56. The van der Waals surface area contributed by atoms with Crippen molar-refractivity contribution < 1.29 is 0 Å². The first-order valence-corrected chi connectivity index (χ1v) is 22.5. The molecule has 0 aliphatic rings. The van der Waals surface area contributed by atoms with E-state index in [4.69, 9.17) is 9.97 Å². The van der Waals surface area contributed by atoms with Gasteiger partial charge < -0.3 is 0 Å². The van der Waals surface area contributed by atoms with Gasteiger partial charge in [0.2, 0.25) is 0 Å². The maximum absolute atomic E-state index is 5.37. The quantitative estimate of drug-likeness (QED) is 0.137. The van der Waals surface area contributed by atoms with Crippen LogP contribution in [-0.4, -0.2) is 9.97 Å². The van der Waals surface area contributed by atoms with Crippen molar-refractivity contribution in [1.29, 1.82) is 0 Å². The fraction of sp³-hybridized carbons (Fsp3) is 0. The van der Waals surface area contributed by atoms with Crippen LogP contribution in [0.2, 0.25) is 0 Å². The second-order valence-corrected chi connectivity index (χ2v) is 16.4. The molecule has 0 aliphatic carbocycles. The van der Waals surface area contributed by atoms with Crippen molar-refractivity contribution in [3.05, 3.63) is 267 Å². The smallest absolute Gasteiger partial charge is 0.160 e. The fourth-order valence-electron chi connectivity index (χ4n) is 9.26. The zero-order valence-corrected chi connectivity index (χ0v) is 36.3. The molecule has 0 unspecified atom stereocenters. The van der Waals surface area contributed by atoms with Crippen molar-refractivity contribution in [1.82, 2.24) is 9.97 Å². The summed E-state index contributed by atoms with van der Waals surface area (Å²) >= 11 is 0. The Morgan fingerprint density at radius 2 is 0.409 bits per heavy atom. The van der Waals surface area contributed by atoms with Crippen molar-refractivity contribution >= 4 is 0 Å². The molecule has 11 rings (SSSR count). The van der Waals surface area contributed by atoms with E-state index in [0.717, 1.165) is 83.7 Å². The minimum atomic E-state index is 0.662. The molecule has 2 heteroatoms. The predicted molar refractivity (Wildman–Crippen MR) is 276 cm³/mol. The molecule has 0 radical (unpaired) electrons. The average molecular weight is 841 g/mol. The molecule has 0 spiro atoms. The summed E-state index contributed by atoms with van der Waals surface area (Å²) in [7, 11) is 0. The molecule has 310 valence electrons. The van der Waals surface area contributed by atoms with Crippen LogP contribution in [0, 0.1) is 0 Å². The van der Waals surface area contributed by atoms with Crippen molar-refractivity contribution in [2.45, 2.75) is 0 Å². The van der Waals surface area contributed by atoms with E-state index in [0.29, 0.717) is 5.82 Å². The van der Waals surface area contributed by atoms with E-state index < -0.39 is 0 Å². The molecule has 0 saturated heterocycles. The Morgan fingerprint density at radius 1 is 0.167 bits per heavy atom. The number of hydrogen-bond acceptors (Lipinski definition) is 2. The van der Waals surface area contributed by atoms with Crippen LogP contribution >= 0.6 is 0 Å². The molecule has 0 amide bonds. The van der Waals surface area contributed by atoms with Gasteiger partial charge in [0, 0.05) is 16.7 Å². The van der Waals surface area contributed by atoms with Gasteiger partial charge in [0.05, 0.1) is 11.4 Å². The molecule has 0 saturated carbocycles. The van der Waals surface area contributed by atoms with Crippen LogP contribution in [0.25, 0.3) is 112 Å². The molecule has 2 nitrogen and oxygen atoms in total. The number of aromatic nitrogens is 2. The summed E-state index contributed by atoms with van der Waals surface area (Å²) in [6, 6.07) is 95.1. The Labute approximate surface area is 386 Å². The van der Waals surface area contributed by atoms with Crippen LogP contribution < -0.4 is 0 Å². The van der Waals surface area contributed by atoms with Crippen LogP contribution in [0.15, 0.2) is 267 Å². The molecule has 0 bridgehead atoms. The van der Waals surface area contributed by atoms with E-state index in [1.807, 2.05) is 6.07 Å². The monoisotopic (exact) mass is 840 g/mol. The molecule has 66 heavy (non-hydrogen) atoms. The summed E-state index contributed by atoms with van der Waals surface area (Å²) < 4.78 is 0. The van der Waals surface area contributed by atoms with Crippen LogP contribution in [0.1, 0.15) is 0 Å². The second kappa shape index (κ2) is 18.2. The minimum absolute atomic E-state index is 0.662. The summed E-state index contributed by atoms with van der Waals surface area (Å²) in [5, 5.41) is 0. The fourth-order valence-corrected chi connectivity index (χ4v) is 9.26. The lowest BCUT2D eigenvalue weighted by molar-refractivity contribution is 1.18. The summed E-state index contributed by atoms with van der Waals surface area (Å²) in [6.45, 7) is 0. The van der Waals surface area contributed by atoms with Crippen LogP contribution in [0.5, 0.6) is 0 Å². The third kappa shape index (κ3) is 7.93. The molecule has 0 aliphatic heterocycles. The van der Waals surface area contributed by atoms with Crippen LogP contribution in [0.3, 0.4) is 0 Å². The van der Waals surface area contributed by atoms with Gasteiger partial charge in [-0.1, -0.05) is 255 Å². The highest BCUT2D eigenvalue weighted by Gasteiger charge is 2.29. The molecule has 11 aromatic rings. The SMILES string of the molecule is c1ccc(-c2ccc(-c3cc(-c4ccccc4)nc(-c4cccc(-c5c(-c6ccccc6)c(-c6ccccc6)c(-c6ccccc6)c(-c6ccccc6)c5-c5ccccc5)c4)n3)cc2)cc1. The summed E-state index contributed by atoms with van der Waals surface area (Å²) in [4.78, 5) is 10.7. The maximum atomic E-state index is 5.37. The summed E-state index contributed by atoms with van der Waals surface area (Å²) in [6.07, 6.45) is 0. The van der Waals surface area contributed by atoms with E-state index in [2.05, 4.69) is 261 Å². The summed E-state index contributed by atoms with van der Waals surface area (Å²) in [5.74, 6) is 0.662. The summed E-state index contributed by atoms with van der Waals surface area (Å²) in [5.41, 5.74) is 20.9. The van der Waals surface area contributed by atoms with E-state index in [1.54, 1.807) is 0 Å². The predicted octanol–water partition coefficient (Wildman–Crippen LogP) is 17.1. The van der Waals surface area contributed by atoms with Gasteiger partial charge in [-0.2, -0.15) is 0 Å².